The maximum atomic E-state index is 12.3. The van der Waals surface area contributed by atoms with Crippen LogP contribution in [0.5, 0.6) is 5.75 Å². The molecule has 0 heterocycles. The molecule has 2 rings (SSSR count). The number of nitrogens with zero attached hydrogens (tertiary/aromatic N) is 1. The summed E-state index contributed by atoms with van der Waals surface area (Å²) in [6.07, 6.45) is 0.920. The van der Waals surface area contributed by atoms with Gasteiger partial charge in [0.05, 0.1) is 32.4 Å². The summed E-state index contributed by atoms with van der Waals surface area (Å²) in [5, 5.41) is 16.4. The van der Waals surface area contributed by atoms with E-state index in [1.807, 2.05) is 75.5 Å². The molecule has 0 aliphatic heterocycles. The minimum absolute atomic E-state index is 0.00478. The SMILES string of the molecule is CCOC(=O)N[C@H](CC(=O)N/N=C\c1cc(I)c(O)c(I)c1)c1ccccc1. The molecule has 9 heteroatoms. The Labute approximate surface area is 190 Å². The molecule has 2 aromatic carbocycles. The molecular formula is C19H19I2N3O4. The van der Waals surface area contributed by atoms with E-state index in [0.29, 0.717) is 7.14 Å². The fourth-order valence-electron chi connectivity index (χ4n) is 2.32. The Bertz CT molecular complexity index is 837. The number of hydrogen-bond acceptors (Lipinski definition) is 5. The van der Waals surface area contributed by atoms with E-state index in [2.05, 4.69) is 15.8 Å². The Balaban J connectivity index is 2.02. The number of nitrogens with one attached hydrogen (secondary N) is 2. The Morgan fingerprint density at radius 2 is 1.86 bits per heavy atom. The van der Waals surface area contributed by atoms with Crippen molar-refractivity contribution in [3.8, 4) is 5.75 Å². The number of carbonyl (C=O) groups is 2. The second-order valence-electron chi connectivity index (χ2n) is 5.66. The second-order valence-corrected chi connectivity index (χ2v) is 7.98. The second kappa shape index (κ2) is 11.2. The zero-order chi connectivity index (χ0) is 20.5. The number of alkyl carbamates (subject to hydrolysis) is 1. The van der Waals surface area contributed by atoms with E-state index in [4.69, 9.17) is 4.74 Å². The lowest BCUT2D eigenvalue weighted by atomic mass is 10.0. The summed E-state index contributed by atoms with van der Waals surface area (Å²) < 4.78 is 6.30. The maximum Gasteiger partial charge on any atom is 0.407 e. The van der Waals surface area contributed by atoms with Crippen LogP contribution >= 0.6 is 45.2 Å². The topological polar surface area (TPSA) is 100 Å². The molecule has 0 unspecified atom stereocenters. The van der Waals surface area contributed by atoms with Gasteiger partial charge in [0.15, 0.2) is 0 Å². The molecule has 2 amide bonds. The van der Waals surface area contributed by atoms with Gasteiger partial charge in [-0.3, -0.25) is 4.79 Å². The number of hydrogen-bond donors (Lipinski definition) is 3. The number of amides is 2. The maximum absolute atomic E-state index is 12.3. The lowest BCUT2D eigenvalue weighted by Crippen LogP contribution is -2.33. The van der Waals surface area contributed by atoms with E-state index in [-0.39, 0.29) is 24.7 Å². The lowest BCUT2D eigenvalue weighted by Gasteiger charge is -2.18. The quantitative estimate of drug-likeness (QED) is 0.253. The van der Waals surface area contributed by atoms with Crippen molar-refractivity contribution in [2.45, 2.75) is 19.4 Å². The number of phenols is 1. The molecule has 1 atom stereocenters. The number of phenolic OH excluding ortho intramolecular Hbond substituents is 1. The highest BCUT2D eigenvalue weighted by molar-refractivity contribution is 14.1. The van der Waals surface area contributed by atoms with Crippen molar-refractivity contribution in [1.82, 2.24) is 10.7 Å². The molecule has 3 N–H and O–H groups in total. The molecule has 0 spiro atoms. The van der Waals surface area contributed by atoms with Crippen LogP contribution in [0, 0.1) is 7.14 Å². The van der Waals surface area contributed by atoms with Gasteiger partial charge in [-0.25, -0.2) is 10.2 Å². The van der Waals surface area contributed by atoms with Crippen molar-refractivity contribution in [3.05, 3.63) is 60.7 Å². The van der Waals surface area contributed by atoms with Gasteiger partial charge >= 0.3 is 6.09 Å². The highest BCUT2D eigenvalue weighted by atomic mass is 127. The van der Waals surface area contributed by atoms with Crippen molar-refractivity contribution in [1.29, 1.82) is 0 Å². The van der Waals surface area contributed by atoms with Crippen LogP contribution in [0.15, 0.2) is 47.6 Å². The first-order valence-corrected chi connectivity index (χ1v) is 10.5. The number of benzene rings is 2. The molecule has 2 aromatic rings. The molecule has 0 aliphatic rings. The molecule has 0 aromatic heterocycles. The predicted octanol–water partition coefficient (Wildman–Crippen LogP) is 3.93. The van der Waals surface area contributed by atoms with Gasteiger partial charge < -0.3 is 15.2 Å². The van der Waals surface area contributed by atoms with E-state index in [1.165, 1.54) is 6.21 Å². The first-order valence-electron chi connectivity index (χ1n) is 8.38. The van der Waals surface area contributed by atoms with Crippen molar-refractivity contribution in [2.24, 2.45) is 5.10 Å². The van der Waals surface area contributed by atoms with E-state index in [9.17, 15) is 14.7 Å². The van der Waals surface area contributed by atoms with Gasteiger partial charge in [0, 0.05) is 0 Å². The number of aromatic hydroxyl groups is 1. The average Bonchev–Trinajstić information content (AvgIpc) is 2.66. The molecule has 0 saturated carbocycles. The van der Waals surface area contributed by atoms with Crippen LogP contribution in [0.3, 0.4) is 0 Å². The normalized spacial score (nSPS) is 11.8. The number of hydrazone groups is 1. The first-order chi connectivity index (χ1) is 13.4. The first kappa shape index (κ1) is 22.4. The van der Waals surface area contributed by atoms with Gasteiger partial charge in [-0.1, -0.05) is 30.3 Å². The van der Waals surface area contributed by atoms with Crippen molar-refractivity contribution >= 4 is 63.4 Å². The molecule has 28 heavy (non-hydrogen) atoms. The zero-order valence-corrected chi connectivity index (χ0v) is 19.3. The molecular weight excluding hydrogens is 588 g/mol. The summed E-state index contributed by atoms with van der Waals surface area (Å²) >= 11 is 4.05. The summed E-state index contributed by atoms with van der Waals surface area (Å²) in [5.41, 5.74) is 4.00. The molecule has 148 valence electrons. The van der Waals surface area contributed by atoms with E-state index in [1.54, 1.807) is 19.1 Å². The van der Waals surface area contributed by atoms with E-state index < -0.39 is 12.1 Å². The fraction of sp³-hybridized carbons (Fsp3) is 0.211. The van der Waals surface area contributed by atoms with Gasteiger partial charge in [0.1, 0.15) is 5.75 Å². The van der Waals surface area contributed by atoms with E-state index >= 15 is 0 Å². The molecule has 0 aliphatic carbocycles. The summed E-state index contributed by atoms with van der Waals surface area (Å²) in [6, 6.07) is 12.1. The van der Waals surface area contributed by atoms with Crippen LogP contribution in [0.2, 0.25) is 0 Å². The van der Waals surface area contributed by atoms with Crippen molar-refractivity contribution in [3.63, 3.8) is 0 Å². The van der Waals surface area contributed by atoms with Crippen LogP contribution < -0.4 is 10.7 Å². The third-order valence-corrected chi connectivity index (χ3v) is 5.25. The highest BCUT2D eigenvalue weighted by Crippen LogP contribution is 2.26. The predicted molar refractivity (Wildman–Crippen MR) is 123 cm³/mol. The Hall–Kier alpha value is -1.89. The number of carbonyl (C=O) groups excluding carboxylic acids is 2. The van der Waals surface area contributed by atoms with Crippen LogP contribution in [0.25, 0.3) is 0 Å². The summed E-state index contributed by atoms with van der Waals surface area (Å²) in [5.74, 6) is -0.136. The smallest absolute Gasteiger partial charge is 0.407 e. The third kappa shape index (κ3) is 6.93. The van der Waals surface area contributed by atoms with Crippen LogP contribution in [-0.2, 0) is 9.53 Å². The fourth-order valence-corrected chi connectivity index (χ4v) is 4.14. The van der Waals surface area contributed by atoms with Gasteiger partial charge in [-0.15, -0.1) is 0 Å². The van der Waals surface area contributed by atoms with Crippen LogP contribution in [-0.4, -0.2) is 29.9 Å². The average molecular weight is 607 g/mol. The van der Waals surface area contributed by atoms with Crippen LogP contribution in [0.1, 0.15) is 30.5 Å². The minimum Gasteiger partial charge on any atom is -0.506 e. The standard InChI is InChI=1S/C19H19I2N3O4/c1-2-28-19(27)23-16(13-6-4-3-5-7-13)10-17(25)24-22-11-12-8-14(20)18(26)15(21)9-12/h3-9,11,16,26H,2,10H2,1H3,(H,23,27)(H,24,25)/b22-11-/t16-/m1/s1. The number of rotatable bonds is 7. The van der Waals surface area contributed by atoms with Gasteiger partial charge in [-0.05, 0) is 75.4 Å². The monoisotopic (exact) mass is 607 g/mol. The Kier molecular flexibility index (Phi) is 8.96. The molecule has 0 fully saturated rings. The van der Waals surface area contributed by atoms with Crippen LogP contribution in [0.4, 0.5) is 4.79 Å². The molecule has 0 saturated heterocycles. The highest BCUT2D eigenvalue weighted by Gasteiger charge is 2.18. The molecule has 7 nitrogen and oxygen atoms in total. The number of ether oxygens (including phenoxy) is 1. The largest absolute Gasteiger partial charge is 0.506 e. The molecule has 0 bridgehead atoms. The summed E-state index contributed by atoms with van der Waals surface area (Å²) in [7, 11) is 0. The van der Waals surface area contributed by atoms with Gasteiger partial charge in [0.25, 0.3) is 0 Å². The van der Waals surface area contributed by atoms with Crippen molar-refractivity contribution in [2.75, 3.05) is 6.61 Å². The lowest BCUT2D eigenvalue weighted by molar-refractivity contribution is -0.121. The zero-order valence-electron chi connectivity index (χ0n) is 15.0. The van der Waals surface area contributed by atoms with Gasteiger partial charge in [0.2, 0.25) is 5.91 Å². The minimum atomic E-state index is -0.583. The Morgan fingerprint density at radius 1 is 1.21 bits per heavy atom. The summed E-state index contributed by atoms with van der Waals surface area (Å²) in [6.45, 7) is 1.96. The number of halogens is 2. The summed E-state index contributed by atoms with van der Waals surface area (Å²) in [4.78, 5) is 24.1. The third-order valence-electron chi connectivity index (χ3n) is 3.60. The van der Waals surface area contributed by atoms with E-state index in [0.717, 1.165) is 11.1 Å². The Morgan fingerprint density at radius 3 is 2.46 bits per heavy atom. The van der Waals surface area contributed by atoms with Gasteiger partial charge in [-0.2, -0.15) is 5.10 Å². The molecule has 0 radical (unpaired) electrons. The van der Waals surface area contributed by atoms with Crippen molar-refractivity contribution < 1.29 is 19.4 Å².